The second-order valence-electron chi connectivity index (χ2n) is 4.93. The van der Waals surface area contributed by atoms with Gasteiger partial charge in [0.15, 0.2) is 5.82 Å². The quantitative estimate of drug-likeness (QED) is 0.726. The predicted octanol–water partition coefficient (Wildman–Crippen LogP) is 2.72. The lowest BCUT2D eigenvalue weighted by Gasteiger charge is -2.20. The van der Waals surface area contributed by atoms with E-state index in [9.17, 15) is 4.79 Å². The molecule has 1 saturated heterocycles. The highest BCUT2D eigenvalue weighted by Crippen LogP contribution is 2.31. The molecule has 0 bridgehead atoms. The molecule has 0 spiro atoms. The van der Waals surface area contributed by atoms with Gasteiger partial charge in [0.1, 0.15) is 18.2 Å². The summed E-state index contributed by atoms with van der Waals surface area (Å²) in [6.45, 7) is 0.236. The molecule has 108 valence electrons. The summed E-state index contributed by atoms with van der Waals surface area (Å²) < 4.78 is 5.19. The number of pyridine rings is 1. The summed E-state index contributed by atoms with van der Waals surface area (Å²) in [6, 6.07) is 12.7. The van der Waals surface area contributed by atoms with E-state index >= 15 is 0 Å². The molecule has 0 N–H and O–H groups in total. The van der Waals surface area contributed by atoms with Gasteiger partial charge in [0.05, 0.1) is 11.7 Å². The Labute approximate surface area is 126 Å². The van der Waals surface area contributed by atoms with Crippen molar-refractivity contribution in [3.8, 4) is 0 Å². The van der Waals surface area contributed by atoms with Crippen LogP contribution in [0.25, 0.3) is 11.0 Å². The molecular formula is C16H12N4O2. The van der Waals surface area contributed by atoms with Gasteiger partial charge in [-0.1, -0.05) is 18.2 Å². The molecule has 1 fully saturated rings. The van der Waals surface area contributed by atoms with Crippen molar-refractivity contribution in [3.05, 3.63) is 60.7 Å². The first-order valence-corrected chi connectivity index (χ1v) is 6.91. The average Bonchev–Trinajstić information content (AvgIpc) is 2.97. The summed E-state index contributed by atoms with van der Waals surface area (Å²) in [5.41, 5.74) is 2.24. The second kappa shape index (κ2) is 5.07. The summed E-state index contributed by atoms with van der Waals surface area (Å²) in [5.74, 6) is 0.551. The van der Waals surface area contributed by atoms with Gasteiger partial charge < -0.3 is 4.74 Å². The van der Waals surface area contributed by atoms with E-state index in [1.54, 1.807) is 17.3 Å². The van der Waals surface area contributed by atoms with Crippen LogP contribution in [-0.2, 0) is 4.74 Å². The van der Waals surface area contributed by atoms with Crippen molar-refractivity contribution < 1.29 is 9.53 Å². The highest BCUT2D eigenvalue weighted by atomic mass is 16.6. The van der Waals surface area contributed by atoms with Gasteiger partial charge in [0.2, 0.25) is 0 Å². The van der Waals surface area contributed by atoms with E-state index in [2.05, 4.69) is 15.0 Å². The number of carbonyl (C=O) groups is 1. The zero-order valence-corrected chi connectivity index (χ0v) is 11.6. The molecule has 1 aliphatic rings. The number of rotatable bonds is 2. The van der Waals surface area contributed by atoms with Crippen molar-refractivity contribution in [3.63, 3.8) is 0 Å². The van der Waals surface area contributed by atoms with Gasteiger partial charge in [-0.3, -0.25) is 9.88 Å². The van der Waals surface area contributed by atoms with Crippen LogP contribution < -0.4 is 4.90 Å². The average molecular weight is 292 g/mol. The number of aromatic nitrogens is 3. The zero-order chi connectivity index (χ0) is 14.9. The zero-order valence-electron chi connectivity index (χ0n) is 11.6. The van der Waals surface area contributed by atoms with E-state index in [-0.39, 0.29) is 18.7 Å². The largest absolute Gasteiger partial charge is 0.446 e. The van der Waals surface area contributed by atoms with Crippen LogP contribution in [0.5, 0.6) is 0 Å². The molecule has 6 nitrogen and oxygen atoms in total. The SMILES string of the molecule is O=C1OCC(c2ncc3ncccc3n2)N1c1ccccc1. The number of para-hydroxylation sites is 1. The first-order valence-electron chi connectivity index (χ1n) is 6.91. The number of carbonyl (C=O) groups excluding carboxylic acids is 1. The minimum absolute atomic E-state index is 0.236. The Hall–Kier alpha value is -3.02. The third kappa shape index (κ3) is 2.05. The monoisotopic (exact) mass is 292 g/mol. The van der Waals surface area contributed by atoms with Crippen molar-refractivity contribution >= 4 is 22.8 Å². The van der Waals surface area contributed by atoms with Gasteiger partial charge >= 0.3 is 6.09 Å². The summed E-state index contributed by atoms with van der Waals surface area (Å²) in [4.78, 5) is 26.7. The topological polar surface area (TPSA) is 68.2 Å². The number of anilines is 1. The van der Waals surface area contributed by atoms with E-state index in [0.717, 1.165) is 16.7 Å². The maximum atomic E-state index is 12.1. The molecular weight excluding hydrogens is 280 g/mol. The summed E-state index contributed by atoms with van der Waals surface area (Å²) in [5, 5.41) is 0. The molecule has 1 unspecified atom stereocenters. The molecule has 0 aliphatic carbocycles. The van der Waals surface area contributed by atoms with Crippen molar-refractivity contribution in [2.24, 2.45) is 0 Å². The van der Waals surface area contributed by atoms with Crippen LogP contribution in [0.1, 0.15) is 11.9 Å². The molecule has 4 rings (SSSR count). The van der Waals surface area contributed by atoms with Gasteiger partial charge in [-0.05, 0) is 24.3 Å². The maximum absolute atomic E-state index is 12.1. The van der Waals surface area contributed by atoms with Crippen LogP contribution in [0.4, 0.5) is 10.5 Å². The van der Waals surface area contributed by atoms with E-state index in [0.29, 0.717) is 5.82 Å². The maximum Gasteiger partial charge on any atom is 0.415 e. The van der Waals surface area contributed by atoms with Crippen molar-refractivity contribution in [1.82, 2.24) is 15.0 Å². The lowest BCUT2D eigenvalue weighted by atomic mass is 10.2. The number of cyclic esters (lactones) is 1. The first kappa shape index (κ1) is 12.7. The second-order valence-corrected chi connectivity index (χ2v) is 4.93. The smallest absolute Gasteiger partial charge is 0.415 e. The fourth-order valence-corrected chi connectivity index (χ4v) is 2.53. The third-order valence-corrected chi connectivity index (χ3v) is 3.58. The number of ether oxygens (including phenoxy) is 1. The van der Waals surface area contributed by atoms with E-state index in [4.69, 9.17) is 4.74 Å². The number of benzene rings is 1. The molecule has 3 aromatic rings. The van der Waals surface area contributed by atoms with Crippen LogP contribution >= 0.6 is 0 Å². The van der Waals surface area contributed by atoms with Gasteiger partial charge in [-0.2, -0.15) is 0 Å². The molecule has 22 heavy (non-hydrogen) atoms. The Morgan fingerprint density at radius 2 is 1.91 bits per heavy atom. The lowest BCUT2D eigenvalue weighted by molar-refractivity contribution is 0.178. The van der Waals surface area contributed by atoms with Crippen molar-refractivity contribution in [2.45, 2.75) is 6.04 Å². The van der Waals surface area contributed by atoms with Crippen molar-refractivity contribution in [2.75, 3.05) is 11.5 Å². The lowest BCUT2D eigenvalue weighted by Crippen LogP contribution is -2.28. The van der Waals surface area contributed by atoms with Crippen LogP contribution in [0.2, 0.25) is 0 Å². The van der Waals surface area contributed by atoms with Crippen LogP contribution in [-0.4, -0.2) is 27.7 Å². The number of hydrogen-bond donors (Lipinski definition) is 0. The molecule has 1 amide bonds. The van der Waals surface area contributed by atoms with Gasteiger partial charge in [-0.25, -0.2) is 14.8 Å². The van der Waals surface area contributed by atoms with Gasteiger partial charge in [0, 0.05) is 11.9 Å². The van der Waals surface area contributed by atoms with Crippen LogP contribution in [0, 0.1) is 0 Å². The Morgan fingerprint density at radius 3 is 2.77 bits per heavy atom. The standard InChI is InChI=1S/C16H12N4O2/c21-16-20(11-5-2-1-3-6-11)14(10-22-16)15-18-9-13-12(19-15)7-4-8-17-13/h1-9,14H,10H2. The summed E-state index contributed by atoms with van der Waals surface area (Å²) in [6.07, 6.45) is 2.99. The van der Waals surface area contributed by atoms with E-state index < -0.39 is 0 Å². The number of nitrogens with zero attached hydrogens (tertiary/aromatic N) is 4. The molecule has 1 aromatic carbocycles. The normalized spacial score (nSPS) is 17.7. The molecule has 3 heterocycles. The Kier molecular flexibility index (Phi) is 2.93. The van der Waals surface area contributed by atoms with Gasteiger partial charge in [0.25, 0.3) is 0 Å². The number of hydrogen-bond acceptors (Lipinski definition) is 5. The van der Waals surface area contributed by atoms with E-state index in [1.165, 1.54) is 0 Å². The predicted molar refractivity (Wildman–Crippen MR) is 80.3 cm³/mol. The first-order chi connectivity index (χ1) is 10.8. The molecule has 2 aromatic heterocycles. The fraction of sp³-hybridized carbons (Fsp3) is 0.125. The van der Waals surface area contributed by atoms with Crippen molar-refractivity contribution in [1.29, 1.82) is 0 Å². The Morgan fingerprint density at radius 1 is 1.05 bits per heavy atom. The molecule has 1 aliphatic heterocycles. The highest BCUT2D eigenvalue weighted by Gasteiger charge is 2.37. The van der Waals surface area contributed by atoms with Crippen LogP contribution in [0.3, 0.4) is 0 Å². The summed E-state index contributed by atoms with van der Waals surface area (Å²) >= 11 is 0. The molecule has 0 saturated carbocycles. The Balaban J connectivity index is 1.77. The van der Waals surface area contributed by atoms with Gasteiger partial charge in [-0.15, -0.1) is 0 Å². The van der Waals surface area contributed by atoms with E-state index in [1.807, 2.05) is 42.5 Å². The minimum Gasteiger partial charge on any atom is -0.446 e. The summed E-state index contributed by atoms with van der Waals surface area (Å²) in [7, 11) is 0. The number of amides is 1. The number of fused-ring (bicyclic) bond motifs is 1. The van der Waals surface area contributed by atoms with Crippen LogP contribution in [0.15, 0.2) is 54.9 Å². The minimum atomic E-state index is -0.383. The fourth-order valence-electron chi connectivity index (χ4n) is 2.53. The Bertz CT molecular complexity index is 838. The molecule has 0 radical (unpaired) electrons. The molecule has 1 atom stereocenters. The highest BCUT2D eigenvalue weighted by molar-refractivity contribution is 5.90. The third-order valence-electron chi connectivity index (χ3n) is 3.58. The molecule has 6 heteroatoms.